The summed E-state index contributed by atoms with van der Waals surface area (Å²) in [6.45, 7) is 7.89. The number of rotatable bonds is 6. The maximum absolute atomic E-state index is 12.0. The Labute approximate surface area is 133 Å². The van der Waals surface area contributed by atoms with Gasteiger partial charge in [-0.25, -0.2) is 13.1 Å². The third-order valence-electron chi connectivity index (χ3n) is 4.07. The average molecular weight is 326 g/mol. The number of hydrogen-bond acceptors (Lipinski definition) is 4. The van der Waals surface area contributed by atoms with Crippen LogP contribution in [0.15, 0.2) is 18.2 Å². The van der Waals surface area contributed by atoms with Crippen LogP contribution >= 0.6 is 0 Å². The van der Waals surface area contributed by atoms with Crippen LogP contribution in [0, 0.1) is 13.8 Å². The first kappa shape index (κ1) is 17.4. The highest BCUT2D eigenvalue weighted by Gasteiger charge is 2.33. The summed E-state index contributed by atoms with van der Waals surface area (Å²) in [7, 11) is -3.23. The molecule has 0 saturated carbocycles. The van der Waals surface area contributed by atoms with Gasteiger partial charge in [0.15, 0.2) is 0 Å². The number of sulfonamides is 1. The van der Waals surface area contributed by atoms with Crippen LogP contribution in [0.25, 0.3) is 0 Å². The lowest BCUT2D eigenvalue weighted by molar-refractivity contribution is 0.126. The van der Waals surface area contributed by atoms with Crippen LogP contribution in [0.1, 0.15) is 36.1 Å². The van der Waals surface area contributed by atoms with Gasteiger partial charge in [-0.15, -0.1) is 0 Å². The van der Waals surface area contributed by atoms with Gasteiger partial charge in [-0.05, 0) is 32.4 Å². The van der Waals surface area contributed by atoms with E-state index in [2.05, 4.69) is 10.8 Å². The standard InChI is InChI=1S/C16H26N2O3S/c1-4-17-22(20,21)15-5-6-18(10-15)11-16(19)14-8-12(2)7-13(3)9-14/h7-9,15-17,19H,4-6,10-11H2,1-3H3. The Morgan fingerprint density at radius 3 is 2.55 bits per heavy atom. The van der Waals surface area contributed by atoms with Crippen molar-refractivity contribution in [2.75, 3.05) is 26.2 Å². The minimum absolute atomic E-state index is 0.376. The van der Waals surface area contributed by atoms with Crippen LogP contribution in [0.5, 0.6) is 0 Å². The molecule has 0 radical (unpaired) electrons. The zero-order chi connectivity index (χ0) is 16.3. The quantitative estimate of drug-likeness (QED) is 0.828. The number of nitrogens with zero attached hydrogens (tertiary/aromatic N) is 1. The molecule has 1 aromatic carbocycles. The fourth-order valence-corrected chi connectivity index (χ4v) is 4.55. The first-order chi connectivity index (χ1) is 10.3. The highest BCUT2D eigenvalue weighted by Crippen LogP contribution is 2.22. The minimum atomic E-state index is -3.23. The van der Waals surface area contributed by atoms with Gasteiger partial charge in [0.1, 0.15) is 0 Å². The molecule has 0 amide bonds. The molecular formula is C16H26N2O3S. The SMILES string of the molecule is CCNS(=O)(=O)C1CCN(CC(O)c2cc(C)cc(C)c2)C1. The van der Waals surface area contributed by atoms with E-state index in [9.17, 15) is 13.5 Å². The Morgan fingerprint density at radius 1 is 1.32 bits per heavy atom. The van der Waals surface area contributed by atoms with Gasteiger partial charge in [-0.2, -0.15) is 0 Å². The summed E-state index contributed by atoms with van der Waals surface area (Å²) >= 11 is 0. The summed E-state index contributed by atoms with van der Waals surface area (Å²) in [5.41, 5.74) is 3.15. The van der Waals surface area contributed by atoms with Crippen molar-refractivity contribution in [1.82, 2.24) is 9.62 Å². The monoisotopic (exact) mass is 326 g/mol. The number of aliphatic hydroxyl groups is 1. The summed E-state index contributed by atoms with van der Waals surface area (Å²) in [4.78, 5) is 2.03. The predicted molar refractivity (Wildman–Crippen MR) is 88.3 cm³/mol. The lowest BCUT2D eigenvalue weighted by Gasteiger charge is -2.21. The molecule has 2 N–H and O–H groups in total. The fraction of sp³-hybridized carbons (Fsp3) is 0.625. The first-order valence-corrected chi connectivity index (χ1v) is 9.33. The number of likely N-dealkylation sites (tertiary alicyclic amines) is 1. The molecule has 6 heteroatoms. The van der Waals surface area contributed by atoms with Crippen molar-refractivity contribution in [3.63, 3.8) is 0 Å². The molecule has 2 rings (SSSR count). The molecule has 2 unspecified atom stereocenters. The molecule has 124 valence electrons. The smallest absolute Gasteiger partial charge is 0.215 e. The molecule has 1 fully saturated rings. The van der Waals surface area contributed by atoms with Crippen LogP contribution < -0.4 is 4.72 Å². The lowest BCUT2D eigenvalue weighted by Crippen LogP contribution is -2.37. The van der Waals surface area contributed by atoms with Crippen molar-refractivity contribution in [2.45, 2.75) is 38.5 Å². The largest absolute Gasteiger partial charge is 0.387 e. The maximum Gasteiger partial charge on any atom is 0.215 e. The van der Waals surface area contributed by atoms with Crippen LogP contribution in [0.3, 0.4) is 0 Å². The van der Waals surface area contributed by atoms with E-state index < -0.39 is 16.1 Å². The Balaban J connectivity index is 1.97. The summed E-state index contributed by atoms with van der Waals surface area (Å²) < 4.78 is 26.6. The molecule has 1 saturated heterocycles. The molecule has 5 nitrogen and oxygen atoms in total. The number of benzene rings is 1. The molecular weight excluding hydrogens is 300 g/mol. The summed E-state index contributed by atoms with van der Waals surface area (Å²) in [6, 6.07) is 6.05. The molecule has 1 aliphatic rings. The van der Waals surface area contributed by atoms with Gasteiger partial charge in [-0.1, -0.05) is 36.2 Å². The summed E-state index contributed by atoms with van der Waals surface area (Å²) in [5.74, 6) is 0. The molecule has 0 aliphatic carbocycles. The second-order valence-corrected chi connectivity index (χ2v) is 8.20. The molecule has 2 atom stereocenters. The van der Waals surface area contributed by atoms with Crippen molar-refractivity contribution >= 4 is 10.0 Å². The molecule has 0 spiro atoms. The van der Waals surface area contributed by atoms with E-state index in [4.69, 9.17) is 0 Å². The third kappa shape index (κ3) is 4.29. The number of β-amino-alcohol motifs (C(OH)–C–C–N with tert-alkyl or cyclic N) is 1. The number of aliphatic hydroxyl groups excluding tert-OH is 1. The Kier molecular flexibility index (Phi) is 5.60. The summed E-state index contributed by atoms with van der Waals surface area (Å²) in [6.07, 6.45) is 0.0359. The molecule has 1 aromatic rings. The highest BCUT2D eigenvalue weighted by atomic mass is 32.2. The second kappa shape index (κ2) is 7.08. The molecule has 0 aromatic heterocycles. The Hall–Kier alpha value is -0.950. The Bertz CT molecular complexity index is 596. The summed E-state index contributed by atoms with van der Waals surface area (Å²) in [5, 5.41) is 10.0. The van der Waals surface area contributed by atoms with Gasteiger partial charge in [0, 0.05) is 19.6 Å². The zero-order valence-electron chi connectivity index (χ0n) is 13.5. The van der Waals surface area contributed by atoms with Crippen molar-refractivity contribution < 1.29 is 13.5 Å². The van der Waals surface area contributed by atoms with Gasteiger partial charge in [0.2, 0.25) is 10.0 Å². The first-order valence-electron chi connectivity index (χ1n) is 7.79. The number of nitrogens with one attached hydrogen (secondary N) is 1. The van der Waals surface area contributed by atoms with Crippen molar-refractivity contribution in [3.05, 3.63) is 34.9 Å². The van der Waals surface area contributed by atoms with Crippen molar-refractivity contribution in [2.24, 2.45) is 0 Å². The van der Waals surface area contributed by atoms with E-state index in [-0.39, 0.29) is 5.25 Å². The predicted octanol–water partition coefficient (Wildman–Crippen LogP) is 1.35. The topological polar surface area (TPSA) is 69.6 Å². The van der Waals surface area contributed by atoms with Crippen LogP contribution in [0.4, 0.5) is 0 Å². The van der Waals surface area contributed by atoms with Gasteiger partial charge in [0.05, 0.1) is 11.4 Å². The van der Waals surface area contributed by atoms with Crippen molar-refractivity contribution in [1.29, 1.82) is 0 Å². The van der Waals surface area contributed by atoms with Crippen LogP contribution in [-0.4, -0.2) is 49.9 Å². The maximum atomic E-state index is 12.0. The van der Waals surface area contributed by atoms with Gasteiger partial charge >= 0.3 is 0 Å². The van der Waals surface area contributed by atoms with E-state index in [0.29, 0.717) is 32.6 Å². The number of aryl methyl sites for hydroxylation is 2. The normalized spacial score (nSPS) is 21.2. The molecule has 22 heavy (non-hydrogen) atoms. The lowest BCUT2D eigenvalue weighted by atomic mass is 10.0. The zero-order valence-corrected chi connectivity index (χ0v) is 14.4. The van der Waals surface area contributed by atoms with Crippen molar-refractivity contribution in [3.8, 4) is 0 Å². The Morgan fingerprint density at radius 2 is 1.95 bits per heavy atom. The average Bonchev–Trinajstić information content (AvgIpc) is 2.86. The van der Waals surface area contributed by atoms with Crippen LogP contribution in [0.2, 0.25) is 0 Å². The minimum Gasteiger partial charge on any atom is -0.387 e. The van der Waals surface area contributed by atoms with Gasteiger partial charge in [0.25, 0.3) is 0 Å². The van der Waals surface area contributed by atoms with E-state index in [1.54, 1.807) is 6.92 Å². The second-order valence-electron chi connectivity index (χ2n) is 6.15. The highest BCUT2D eigenvalue weighted by molar-refractivity contribution is 7.90. The third-order valence-corrected chi connectivity index (χ3v) is 6.03. The van der Waals surface area contributed by atoms with Gasteiger partial charge in [-0.3, -0.25) is 4.90 Å². The van der Waals surface area contributed by atoms with E-state index in [1.807, 2.05) is 30.9 Å². The van der Waals surface area contributed by atoms with E-state index in [0.717, 1.165) is 16.7 Å². The number of hydrogen-bond donors (Lipinski definition) is 2. The molecule has 1 aliphatic heterocycles. The van der Waals surface area contributed by atoms with E-state index >= 15 is 0 Å². The molecule has 1 heterocycles. The fourth-order valence-electron chi connectivity index (χ4n) is 3.09. The van der Waals surface area contributed by atoms with Crippen LogP contribution in [-0.2, 0) is 10.0 Å². The van der Waals surface area contributed by atoms with E-state index in [1.165, 1.54) is 0 Å². The van der Waals surface area contributed by atoms with Gasteiger partial charge < -0.3 is 5.11 Å². The molecule has 0 bridgehead atoms.